The zero-order valence-corrected chi connectivity index (χ0v) is 19.7. The van der Waals surface area contributed by atoms with E-state index >= 15 is 0 Å². The molecule has 0 spiro atoms. The van der Waals surface area contributed by atoms with Crippen LogP contribution in [0.25, 0.3) is 0 Å². The Hall–Kier alpha value is -0.610. The summed E-state index contributed by atoms with van der Waals surface area (Å²) in [4.78, 5) is 12.8. The summed E-state index contributed by atoms with van der Waals surface area (Å²) in [5, 5.41) is -0.180. The molecule has 0 amide bonds. The second-order valence-corrected chi connectivity index (χ2v) is 9.81. The summed E-state index contributed by atoms with van der Waals surface area (Å²) >= 11 is 0. The van der Waals surface area contributed by atoms with E-state index in [2.05, 4.69) is 26.0 Å². The minimum Gasteiger partial charge on any atom is -0.457 e. The van der Waals surface area contributed by atoms with Crippen LogP contribution in [0.15, 0.2) is 29.2 Å². The Balaban J connectivity index is 1.80. The highest BCUT2D eigenvalue weighted by Crippen LogP contribution is 2.32. The Morgan fingerprint density at radius 3 is 1.71 bits per heavy atom. The molecule has 1 rings (SSSR count). The van der Waals surface area contributed by atoms with Crippen LogP contribution >= 0.6 is 21.6 Å². The Labute approximate surface area is 181 Å². The molecule has 0 unspecified atom stereocenters. The first-order valence-electron chi connectivity index (χ1n) is 11.3. The number of aryl methyl sites for hydroxylation is 1. The van der Waals surface area contributed by atoms with Crippen LogP contribution in [0.5, 0.6) is 0 Å². The lowest BCUT2D eigenvalue weighted by Gasteiger charge is -2.05. The number of benzene rings is 1. The molecule has 28 heavy (non-hydrogen) atoms. The molecule has 0 bridgehead atoms. The lowest BCUT2D eigenvalue weighted by molar-refractivity contribution is 0.172. The van der Waals surface area contributed by atoms with Gasteiger partial charge in [0.2, 0.25) is 0 Å². The predicted molar refractivity (Wildman–Crippen MR) is 126 cm³/mol. The van der Waals surface area contributed by atoms with Gasteiger partial charge >= 0.3 is 5.30 Å². The highest BCUT2D eigenvalue weighted by Gasteiger charge is 2.05. The van der Waals surface area contributed by atoms with E-state index in [9.17, 15) is 4.79 Å². The number of carbonyl (C=O) groups is 1. The third-order valence-electron chi connectivity index (χ3n) is 4.94. The summed E-state index contributed by atoms with van der Waals surface area (Å²) in [7, 11) is 2.64. The highest BCUT2D eigenvalue weighted by molar-refractivity contribution is 8.82. The fourth-order valence-electron chi connectivity index (χ4n) is 3.15. The summed E-state index contributed by atoms with van der Waals surface area (Å²) in [6, 6.07) is 8.19. The van der Waals surface area contributed by atoms with Gasteiger partial charge in [-0.25, -0.2) is 4.79 Å². The molecule has 0 N–H and O–H groups in total. The summed E-state index contributed by atoms with van der Waals surface area (Å²) in [5.74, 6) is 0. The summed E-state index contributed by atoms with van der Waals surface area (Å²) in [6.07, 6.45) is 18.8. The summed E-state index contributed by atoms with van der Waals surface area (Å²) in [5.41, 5.74) is 1.23. The number of hydrogen-bond acceptors (Lipinski definition) is 4. The largest absolute Gasteiger partial charge is 0.457 e. The van der Waals surface area contributed by atoms with Crippen LogP contribution in [0, 0.1) is 6.92 Å². The predicted octanol–water partition coefficient (Wildman–Crippen LogP) is 9.35. The molecule has 0 aliphatic carbocycles. The molecule has 1 aromatic rings. The van der Waals surface area contributed by atoms with Gasteiger partial charge in [-0.3, -0.25) is 0 Å². The van der Waals surface area contributed by atoms with E-state index < -0.39 is 0 Å². The minimum absolute atomic E-state index is 0.180. The summed E-state index contributed by atoms with van der Waals surface area (Å²) in [6.45, 7) is 4.89. The standard InChI is InChI=1S/C24H40O2S2/c1-3-4-5-6-7-8-9-10-11-12-13-14-15-16-21-26-24(25)28-27-23-19-17-22(2)18-20-23/h17-20H,3-16,21H2,1-2H3. The van der Waals surface area contributed by atoms with Crippen molar-refractivity contribution >= 4 is 26.9 Å². The lowest BCUT2D eigenvalue weighted by atomic mass is 10.0. The zero-order valence-electron chi connectivity index (χ0n) is 18.0. The van der Waals surface area contributed by atoms with E-state index in [1.165, 1.54) is 111 Å². The van der Waals surface area contributed by atoms with Gasteiger partial charge in [0, 0.05) is 15.7 Å². The van der Waals surface area contributed by atoms with Crippen LogP contribution in [-0.2, 0) is 4.74 Å². The van der Waals surface area contributed by atoms with Crippen molar-refractivity contribution in [3.05, 3.63) is 29.8 Å². The van der Waals surface area contributed by atoms with Crippen molar-refractivity contribution in [2.45, 2.75) is 109 Å². The summed E-state index contributed by atoms with van der Waals surface area (Å²) < 4.78 is 5.30. The number of carbonyl (C=O) groups excluding carboxylic acids is 1. The molecular weight excluding hydrogens is 384 g/mol. The molecule has 0 aliphatic heterocycles. The maximum atomic E-state index is 11.7. The van der Waals surface area contributed by atoms with Gasteiger partial charge in [0.25, 0.3) is 0 Å². The first-order valence-corrected chi connectivity index (χ1v) is 13.5. The molecule has 0 fully saturated rings. The number of hydrogen-bond donors (Lipinski definition) is 0. The van der Waals surface area contributed by atoms with Crippen molar-refractivity contribution in [2.75, 3.05) is 6.61 Å². The van der Waals surface area contributed by atoms with Crippen LogP contribution in [0.4, 0.5) is 4.79 Å². The van der Waals surface area contributed by atoms with Crippen LogP contribution in [-0.4, -0.2) is 11.9 Å². The molecule has 2 nitrogen and oxygen atoms in total. The van der Waals surface area contributed by atoms with Gasteiger partial charge in [-0.15, -0.1) is 0 Å². The number of unbranched alkanes of at least 4 members (excludes halogenated alkanes) is 13. The minimum atomic E-state index is -0.180. The Morgan fingerprint density at radius 2 is 1.21 bits per heavy atom. The maximum absolute atomic E-state index is 11.7. The quantitative estimate of drug-likeness (QED) is 0.141. The third kappa shape index (κ3) is 15.3. The van der Waals surface area contributed by atoms with Crippen molar-refractivity contribution in [1.82, 2.24) is 0 Å². The Morgan fingerprint density at radius 1 is 0.750 bits per heavy atom. The van der Waals surface area contributed by atoms with Gasteiger partial charge in [-0.1, -0.05) is 108 Å². The van der Waals surface area contributed by atoms with Gasteiger partial charge in [0.15, 0.2) is 0 Å². The van der Waals surface area contributed by atoms with E-state index in [1.54, 1.807) is 0 Å². The van der Waals surface area contributed by atoms with Crippen molar-refractivity contribution in [3.63, 3.8) is 0 Å². The molecule has 0 aromatic heterocycles. The van der Waals surface area contributed by atoms with E-state index in [0.29, 0.717) is 6.61 Å². The van der Waals surface area contributed by atoms with Crippen LogP contribution in [0.2, 0.25) is 0 Å². The first kappa shape index (κ1) is 25.4. The fraction of sp³-hybridized carbons (Fsp3) is 0.708. The van der Waals surface area contributed by atoms with Gasteiger partial charge < -0.3 is 4.74 Å². The maximum Gasteiger partial charge on any atom is 0.378 e. The normalized spacial score (nSPS) is 10.9. The molecule has 4 heteroatoms. The molecular formula is C24H40O2S2. The molecule has 0 saturated heterocycles. The molecule has 0 atom stereocenters. The smallest absolute Gasteiger partial charge is 0.378 e. The molecule has 0 radical (unpaired) electrons. The number of ether oxygens (including phenoxy) is 1. The molecule has 0 heterocycles. The lowest BCUT2D eigenvalue weighted by Crippen LogP contribution is -1.98. The van der Waals surface area contributed by atoms with Crippen LogP contribution in [0.1, 0.15) is 102 Å². The van der Waals surface area contributed by atoms with Crippen molar-refractivity contribution in [3.8, 4) is 0 Å². The van der Waals surface area contributed by atoms with Crippen molar-refractivity contribution in [1.29, 1.82) is 0 Å². The molecule has 0 aliphatic rings. The first-order chi connectivity index (χ1) is 13.7. The second kappa shape index (κ2) is 18.4. The molecule has 0 saturated carbocycles. The Bertz CT molecular complexity index is 488. The fourth-order valence-corrected chi connectivity index (χ4v) is 4.67. The highest BCUT2D eigenvalue weighted by atomic mass is 33.1. The number of rotatable bonds is 17. The van der Waals surface area contributed by atoms with E-state index in [-0.39, 0.29) is 5.30 Å². The van der Waals surface area contributed by atoms with E-state index in [0.717, 1.165) is 11.3 Å². The van der Waals surface area contributed by atoms with Gasteiger partial charge in [0.05, 0.1) is 6.61 Å². The van der Waals surface area contributed by atoms with Crippen LogP contribution < -0.4 is 0 Å². The average molecular weight is 425 g/mol. The van der Waals surface area contributed by atoms with Crippen LogP contribution in [0.3, 0.4) is 0 Å². The molecule has 160 valence electrons. The van der Waals surface area contributed by atoms with Crippen molar-refractivity contribution < 1.29 is 9.53 Å². The van der Waals surface area contributed by atoms with E-state index in [1.807, 2.05) is 12.1 Å². The average Bonchev–Trinajstić information content (AvgIpc) is 2.70. The monoisotopic (exact) mass is 424 g/mol. The van der Waals surface area contributed by atoms with E-state index in [4.69, 9.17) is 4.74 Å². The van der Waals surface area contributed by atoms with Gasteiger partial charge in [-0.05, 0) is 36.3 Å². The Kier molecular flexibility index (Phi) is 16.7. The topological polar surface area (TPSA) is 26.3 Å². The second-order valence-electron chi connectivity index (χ2n) is 7.67. The SMILES string of the molecule is CCCCCCCCCCCCCCCCOC(=O)SSc1ccc(C)cc1. The third-order valence-corrected chi connectivity index (χ3v) is 6.98. The van der Waals surface area contributed by atoms with Gasteiger partial charge in [-0.2, -0.15) is 0 Å². The van der Waals surface area contributed by atoms with Gasteiger partial charge in [0.1, 0.15) is 0 Å². The molecule has 1 aromatic carbocycles. The zero-order chi connectivity index (χ0) is 20.3. The van der Waals surface area contributed by atoms with Crippen molar-refractivity contribution in [2.24, 2.45) is 0 Å².